The summed E-state index contributed by atoms with van der Waals surface area (Å²) in [4.78, 5) is 40.7. The molecule has 1 aliphatic heterocycles. The van der Waals surface area contributed by atoms with Gasteiger partial charge in [0.2, 0.25) is 11.5 Å². The van der Waals surface area contributed by atoms with Gasteiger partial charge < -0.3 is 24.4 Å². The lowest BCUT2D eigenvalue weighted by molar-refractivity contribution is -0.244. The van der Waals surface area contributed by atoms with E-state index in [1.165, 1.54) is 19.1 Å². The van der Waals surface area contributed by atoms with Crippen molar-refractivity contribution < 1.29 is 41.8 Å². The van der Waals surface area contributed by atoms with Gasteiger partial charge in [-0.05, 0) is 36.0 Å². The zero-order valence-corrected chi connectivity index (χ0v) is 24.3. The van der Waals surface area contributed by atoms with Crippen LogP contribution in [-0.2, 0) is 29.4 Å². The van der Waals surface area contributed by atoms with Gasteiger partial charge in [0, 0.05) is 13.5 Å². The molecule has 8 nitrogen and oxygen atoms in total. The van der Waals surface area contributed by atoms with Gasteiger partial charge >= 0.3 is 18.2 Å². The van der Waals surface area contributed by atoms with Gasteiger partial charge in [-0.2, -0.15) is 13.2 Å². The predicted octanol–water partition coefficient (Wildman–Crippen LogP) is 5.45. The molecule has 11 heteroatoms. The Morgan fingerprint density at radius 3 is 1.98 bits per heavy atom. The molecule has 0 bridgehead atoms. The van der Waals surface area contributed by atoms with Gasteiger partial charge in [-0.25, -0.2) is 9.59 Å². The molecule has 3 atom stereocenters. The maximum Gasteiger partial charge on any atom is 0.427 e. The van der Waals surface area contributed by atoms with Gasteiger partial charge in [-0.1, -0.05) is 75.4 Å². The van der Waals surface area contributed by atoms with E-state index in [9.17, 15) is 27.6 Å². The molecule has 41 heavy (non-hydrogen) atoms. The summed E-state index contributed by atoms with van der Waals surface area (Å²) in [7, 11) is 2.67. The summed E-state index contributed by atoms with van der Waals surface area (Å²) in [6.45, 7) is 6.28. The average Bonchev–Trinajstić information content (AvgIpc) is 3.31. The molecule has 1 N–H and O–H groups in total. The highest BCUT2D eigenvalue weighted by atomic mass is 19.4. The summed E-state index contributed by atoms with van der Waals surface area (Å²) < 4.78 is 55.5. The molecule has 0 saturated carbocycles. The zero-order valence-electron chi connectivity index (χ0n) is 24.3. The summed E-state index contributed by atoms with van der Waals surface area (Å²) in [6.07, 6.45) is -6.18. The second-order valence-electron chi connectivity index (χ2n) is 11.7. The first kappa shape index (κ1) is 31.9. The monoisotopic (exact) mass is 578 g/mol. The van der Waals surface area contributed by atoms with Crippen LogP contribution in [0.15, 0.2) is 54.6 Å². The molecular formula is C30H37F3N2O6. The highest BCUT2D eigenvalue weighted by Gasteiger charge is 2.54. The van der Waals surface area contributed by atoms with Crippen molar-refractivity contribution in [2.45, 2.75) is 70.5 Å². The molecule has 0 aromatic heterocycles. The lowest BCUT2D eigenvalue weighted by Gasteiger charge is -2.36. The molecule has 2 amide bonds. The standard InChI is InChI=1S/C30H37F3N2O6/c1-27(2,3)23(34-26(38)41-28(4,5)30(31,32)33)24(36)35-18-29(40-7,17-22(35)25(37)39-6)21-15-13-20(14-16-21)19-11-9-8-10-12-19/h8-16,22-23H,17-18H2,1-7H3,(H,34,38)/t22-,23?,29?/m0/s1. The largest absolute Gasteiger partial charge is 0.467 e. The summed E-state index contributed by atoms with van der Waals surface area (Å²) in [5, 5.41) is 2.30. The minimum absolute atomic E-state index is 0.0645. The van der Waals surface area contributed by atoms with Crippen molar-refractivity contribution >= 4 is 18.0 Å². The van der Waals surface area contributed by atoms with Crippen LogP contribution in [0.4, 0.5) is 18.0 Å². The molecule has 1 saturated heterocycles. The number of amides is 2. The smallest absolute Gasteiger partial charge is 0.427 e. The molecule has 2 aromatic rings. The quantitative estimate of drug-likeness (QED) is 0.439. The maximum atomic E-state index is 14.0. The van der Waals surface area contributed by atoms with Gasteiger partial charge in [0.1, 0.15) is 17.7 Å². The zero-order chi connectivity index (χ0) is 30.8. The van der Waals surface area contributed by atoms with Crippen LogP contribution in [0.1, 0.15) is 46.6 Å². The predicted molar refractivity (Wildman–Crippen MR) is 146 cm³/mol. The van der Waals surface area contributed by atoms with Crippen LogP contribution in [0, 0.1) is 5.41 Å². The van der Waals surface area contributed by atoms with Gasteiger partial charge in [-0.15, -0.1) is 0 Å². The van der Waals surface area contributed by atoms with Crippen LogP contribution < -0.4 is 5.32 Å². The van der Waals surface area contributed by atoms with Crippen molar-refractivity contribution in [3.8, 4) is 11.1 Å². The van der Waals surface area contributed by atoms with Crippen molar-refractivity contribution in [1.29, 1.82) is 0 Å². The molecule has 0 aliphatic carbocycles. The van der Waals surface area contributed by atoms with Crippen LogP contribution in [0.25, 0.3) is 11.1 Å². The first-order chi connectivity index (χ1) is 19.0. The van der Waals surface area contributed by atoms with Crippen LogP contribution in [0.2, 0.25) is 0 Å². The molecule has 2 aromatic carbocycles. The number of ether oxygens (including phenoxy) is 3. The Labute approximate surface area is 238 Å². The number of methoxy groups -OCH3 is 2. The minimum atomic E-state index is -4.83. The number of carbonyl (C=O) groups excluding carboxylic acids is 3. The summed E-state index contributed by atoms with van der Waals surface area (Å²) in [6, 6.07) is 14.9. The number of nitrogens with zero attached hydrogens (tertiary/aromatic N) is 1. The van der Waals surface area contributed by atoms with E-state index in [-0.39, 0.29) is 13.0 Å². The lowest BCUT2D eigenvalue weighted by atomic mass is 9.85. The fraction of sp³-hybridized carbons (Fsp3) is 0.500. The van der Waals surface area contributed by atoms with E-state index in [0.29, 0.717) is 13.8 Å². The molecule has 2 unspecified atom stereocenters. The van der Waals surface area contributed by atoms with E-state index in [1.807, 2.05) is 54.6 Å². The number of likely N-dealkylation sites (tertiary alicyclic amines) is 1. The van der Waals surface area contributed by atoms with Crippen LogP contribution in [0.5, 0.6) is 0 Å². The van der Waals surface area contributed by atoms with E-state index in [4.69, 9.17) is 9.47 Å². The number of esters is 1. The molecular weight excluding hydrogens is 541 g/mol. The molecule has 1 aliphatic rings. The number of rotatable bonds is 7. The van der Waals surface area contributed by atoms with Crippen molar-refractivity contribution in [3.63, 3.8) is 0 Å². The van der Waals surface area contributed by atoms with Crippen LogP contribution >= 0.6 is 0 Å². The summed E-state index contributed by atoms with van der Waals surface area (Å²) >= 11 is 0. The van der Waals surface area contributed by atoms with Crippen molar-refractivity contribution in [2.24, 2.45) is 5.41 Å². The lowest BCUT2D eigenvalue weighted by Crippen LogP contribution is -2.58. The van der Waals surface area contributed by atoms with Gasteiger partial charge in [-0.3, -0.25) is 4.79 Å². The van der Waals surface area contributed by atoms with E-state index >= 15 is 0 Å². The number of nitrogens with one attached hydrogen (secondary N) is 1. The van der Waals surface area contributed by atoms with E-state index in [0.717, 1.165) is 16.7 Å². The van der Waals surface area contributed by atoms with Gasteiger partial charge in [0.25, 0.3) is 0 Å². The highest BCUT2D eigenvalue weighted by Crippen LogP contribution is 2.41. The molecule has 1 fully saturated rings. The Morgan fingerprint density at radius 1 is 0.927 bits per heavy atom. The third-order valence-electron chi connectivity index (χ3n) is 7.40. The molecule has 1 heterocycles. The number of alkyl halides is 3. The Bertz CT molecular complexity index is 1240. The maximum absolute atomic E-state index is 14.0. The second kappa shape index (κ2) is 11.7. The van der Waals surface area contributed by atoms with Crippen molar-refractivity contribution in [2.75, 3.05) is 20.8 Å². The van der Waals surface area contributed by atoms with Crippen LogP contribution in [0.3, 0.4) is 0 Å². The van der Waals surface area contributed by atoms with E-state index in [2.05, 4.69) is 10.1 Å². The molecule has 3 rings (SSSR count). The first-order valence-electron chi connectivity index (χ1n) is 13.1. The number of hydrogen-bond acceptors (Lipinski definition) is 6. The van der Waals surface area contributed by atoms with Crippen molar-refractivity contribution in [3.05, 3.63) is 60.2 Å². The third kappa shape index (κ3) is 6.83. The average molecular weight is 579 g/mol. The third-order valence-corrected chi connectivity index (χ3v) is 7.40. The SMILES string of the molecule is COC(=O)[C@@H]1CC(OC)(c2ccc(-c3ccccc3)cc2)CN1C(=O)C(NC(=O)OC(C)(C)C(F)(F)F)C(C)(C)C. The van der Waals surface area contributed by atoms with Crippen LogP contribution in [-0.4, -0.2) is 67.5 Å². The summed E-state index contributed by atoms with van der Waals surface area (Å²) in [5.74, 6) is -1.37. The normalized spacial score (nSPS) is 20.3. The Hall–Kier alpha value is -3.60. The number of halogens is 3. The fourth-order valence-electron chi connectivity index (χ4n) is 4.77. The van der Waals surface area contributed by atoms with E-state index in [1.54, 1.807) is 20.8 Å². The number of benzene rings is 2. The molecule has 0 spiro atoms. The summed E-state index contributed by atoms with van der Waals surface area (Å²) in [5.41, 5.74) is -2.15. The fourth-order valence-corrected chi connectivity index (χ4v) is 4.77. The van der Waals surface area contributed by atoms with Gasteiger partial charge in [0.15, 0.2) is 0 Å². The van der Waals surface area contributed by atoms with E-state index < -0.39 is 52.8 Å². The van der Waals surface area contributed by atoms with Gasteiger partial charge in [0.05, 0.1) is 13.7 Å². The number of hydrogen-bond donors (Lipinski definition) is 1. The molecule has 0 radical (unpaired) electrons. The Balaban J connectivity index is 1.93. The number of alkyl carbamates (subject to hydrolysis) is 1. The first-order valence-corrected chi connectivity index (χ1v) is 13.1. The Morgan fingerprint density at radius 2 is 1.49 bits per heavy atom. The topological polar surface area (TPSA) is 94.2 Å². The Kier molecular flexibility index (Phi) is 9.12. The minimum Gasteiger partial charge on any atom is -0.467 e. The number of carbonyl (C=O) groups is 3. The highest BCUT2D eigenvalue weighted by molar-refractivity contribution is 5.91. The van der Waals surface area contributed by atoms with Crippen molar-refractivity contribution in [1.82, 2.24) is 10.2 Å². The molecule has 224 valence electrons. The second-order valence-corrected chi connectivity index (χ2v) is 11.7.